The van der Waals surface area contributed by atoms with E-state index in [2.05, 4.69) is 74.8 Å². The molecule has 1 atom stereocenters. The van der Waals surface area contributed by atoms with Crippen LogP contribution in [0, 0.1) is 25.2 Å². The molecule has 198 valence electrons. The fourth-order valence-electron chi connectivity index (χ4n) is 4.84. The normalized spacial score (nSPS) is 17.1. The van der Waals surface area contributed by atoms with Gasteiger partial charge in [0.15, 0.2) is 0 Å². The third-order valence-electron chi connectivity index (χ3n) is 6.35. The summed E-state index contributed by atoms with van der Waals surface area (Å²) >= 11 is 0. The molecule has 0 aliphatic carbocycles. The summed E-state index contributed by atoms with van der Waals surface area (Å²) in [4.78, 5) is 9.42. The molecule has 3 aromatic rings. The first kappa shape index (κ1) is 26.9. The van der Waals surface area contributed by atoms with Crippen molar-refractivity contribution in [3.05, 3.63) is 59.2 Å². The monoisotopic (exact) mass is 522 g/mol. The Morgan fingerprint density at radius 1 is 1.08 bits per heavy atom. The number of anilines is 2. The van der Waals surface area contributed by atoms with E-state index in [9.17, 15) is 8.42 Å². The zero-order valence-corrected chi connectivity index (χ0v) is 23.7. The first-order valence-electron chi connectivity index (χ1n) is 12.8. The highest BCUT2D eigenvalue weighted by molar-refractivity contribution is 7.92. The molecular formula is C29H38N4O3S. The van der Waals surface area contributed by atoms with Crippen molar-refractivity contribution in [2.75, 3.05) is 16.6 Å². The molecule has 0 saturated carbocycles. The van der Waals surface area contributed by atoms with Crippen LogP contribution in [0.25, 0.3) is 11.3 Å². The molecule has 7 nitrogen and oxygen atoms in total. The molecule has 1 aliphatic heterocycles. The predicted octanol–water partition coefficient (Wildman–Crippen LogP) is 6.37. The number of fused-ring (bicyclic) bond motifs is 4. The summed E-state index contributed by atoms with van der Waals surface area (Å²) in [5.41, 5.74) is 5.46. The van der Waals surface area contributed by atoms with Gasteiger partial charge < -0.3 is 10.1 Å². The average Bonchev–Trinajstić information content (AvgIpc) is 2.77. The Bertz CT molecular complexity index is 1390. The second-order valence-corrected chi connectivity index (χ2v) is 13.3. The van der Waals surface area contributed by atoms with Gasteiger partial charge in [0.2, 0.25) is 11.8 Å². The van der Waals surface area contributed by atoms with Crippen molar-refractivity contribution in [3.8, 4) is 17.1 Å². The summed E-state index contributed by atoms with van der Waals surface area (Å²) in [6.45, 7) is 15.3. The van der Waals surface area contributed by atoms with Gasteiger partial charge in [0, 0.05) is 16.8 Å². The van der Waals surface area contributed by atoms with Gasteiger partial charge in [-0.1, -0.05) is 58.9 Å². The van der Waals surface area contributed by atoms with Crippen LogP contribution in [-0.4, -0.2) is 31.0 Å². The van der Waals surface area contributed by atoms with Crippen LogP contribution in [0.2, 0.25) is 0 Å². The first-order valence-corrected chi connectivity index (χ1v) is 14.3. The lowest BCUT2D eigenvalue weighted by Gasteiger charge is -2.28. The van der Waals surface area contributed by atoms with Crippen molar-refractivity contribution in [2.45, 2.75) is 72.2 Å². The number of hydrogen-bond donors (Lipinski definition) is 2. The van der Waals surface area contributed by atoms with Gasteiger partial charge in [0.1, 0.15) is 6.61 Å². The molecule has 1 aromatic heterocycles. The molecule has 8 heteroatoms. The van der Waals surface area contributed by atoms with Gasteiger partial charge in [0.05, 0.1) is 16.6 Å². The van der Waals surface area contributed by atoms with Crippen LogP contribution in [0.15, 0.2) is 47.4 Å². The molecule has 0 amide bonds. The van der Waals surface area contributed by atoms with Gasteiger partial charge in [-0.3, -0.25) is 0 Å². The van der Waals surface area contributed by atoms with Gasteiger partial charge in [0.25, 0.3) is 10.0 Å². The lowest BCUT2D eigenvalue weighted by molar-refractivity contribution is 0.243. The summed E-state index contributed by atoms with van der Waals surface area (Å²) in [7, 11) is -3.92. The van der Waals surface area contributed by atoms with E-state index in [1.54, 1.807) is 18.2 Å². The van der Waals surface area contributed by atoms with E-state index in [4.69, 9.17) is 9.72 Å². The molecular weight excluding hydrogens is 484 g/mol. The zero-order chi connectivity index (χ0) is 27.0. The fraction of sp³-hybridized carbons (Fsp3) is 0.448. The molecule has 0 unspecified atom stereocenters. The molecule has 4 rings (SSSR count). The van der Waals surface area contributed by atoms with Crippen molar-refractivity contribution in [3.63, 3.8) is 0 Å². The highest BCUT2D eigenvalue weighted by Crippen LogP contribution is 2.35. The molecule has 0 radical (unpaired) electrons. The van der Waals surface area contributed by atoms with E-state index >= 15 is 0 Å². The van der Waals surface area contributed by atoms with Gasteiger partial charge in [-0.15, -0.1) is 0 Å². The van der Waals surface area contributed by atoms with E-state index < -0.39 is 10.0 Å². The number of sulfonamides is 1. The number of nitrogens with one attached hydrogen (secondary N) is 2. The maximum atomic E-state index is 13.4. The van der Waals surface area contributed by atoms with Crippen molar-refractivity contribution >= 4 is 21.7 Å². The van der Waals surface area contributed by atoms with Crippen molar-refractivity contribution in [1.29, 1.82) is 0 Å². The van der Waals surface area contributed by atoms with E-state index in [0.717, 1.165) is 40.8 Å². The molecule has 0 saturated heterocycles. The number of ether oxygens (including phenoxy) is 1. The van der Waals surface area contributed by atoms with E-state index in [1.807, 2.05) is 13.0 Å². The van der Waals surface area contributed by atoms with Crippen LogP contribution in [-0.2, 0) is 16.4 Å². The summed E-state index contributed by atoms with van der Waals surface area (Å²) in [5, 5.41) is 3.48. The molecule has 37 heavy (non-hydrogen) atoms. The number of aromatic nitrogens is 2. The van der Waals surface area contributed by atoms with Crippen LogP contribution in [0.1, 0.15) is 57.7 Å². The van der Waals surface area contributed by atoms with Gasteiger partial charge in [-0.2, -0.15) is 4.98 Å². The minimum Gasteiger partial charge on any atom is -0.475 e. The Morgan fingerprint density at radius 2 is 1.81 bits per heavy atom. The second kappa shape index (κ2) is 10.3. The SMILES string of the molecule is Cc1cccc(CC(C)C)c1-c1nc2nc(c1C)OC[C@@H](CC(C)(C)C)Nc1cccc(c1)S(=O)(=O)N2. The van der Waals surface area contributed by atoms with Gasteiger partial charge in [-0.05, 0) is 67.3 Å². The third kappa shape index (κ3) is 6.42. The maximum absolute atomic E-state index is 13.4. The van der Waals surface area contributed by atoms with Gasteiger partial charge >= 0.3 is 0 Å². The minimum atomic E-state index is -3.92. The van der Waals surface area contributed by atoms with E-state index in [1.165, 1.54) is 0 Å². The lowest BCUT2D eigenvalue weighted by atomic mass is 9.88. The average molecular weight is 523 g/mol. The Labute approximate surface area is 221 Å². The zero-order valence-electron chi connectivity index (χ0n) is 22.8. The molecule has 2 heterocycles. The van der Waals surface area contributed by atoms with Crippen molar-refractivity contribution < 1.29 is 13.2 Å². The van der Waals surface area contributed by atoms with Crippen LogP contribution in [0.4, 0.5) is 11.6 Å². The minimum absolute atomic E-state index is 0.000608. The summed E-state index contributed by atoms with van der Waals surface area (Å²) in [5.74, 6) is 0.831. The van der Waals surface area contributed by atoms with Crippen LogP contribution in [0.3, 0.4) is 0 Å². The quantitative estimate of drug-likeness (QED) is 0.414. The predicted molar refractivity (Wildman–Crippen MR) is 150 cm³/mol. The topological polar surface area (TPSA) is 93.2 Å². The lowest BCUT2D eigenvalue weighted by Crippen LogP contribution is -2.32. The molecule has 0 fully saturated rings. The standard InChI is InChI=1S/C29H38N4O3S/c1-18(2)14-21-11-8-10-19(3)25(21)26-20(4)27-32-28(31-26)33-37(34,35)24-13-9-12-22(15-24)30-23(17-36-27)16-29(5,6)7/h8-13,15,18,23,30H,14,16-17H2,1-7H3,(H,31,32,33)/t23-/m1/s1. The smallest absolute Gasteiger partial charge is 0.264 e. The Hall–Kier alpha value is -3.13. The van der Waals surface area contributed by atoms with Crippen LogP contribution in [0.5, 0.6) is 5.88 Å². The number of nitrogens with zero attached hydrogens (tertiary/aromatic N) is 2. The first-order chi connectivity index (χ1) is 17.3. The summed E-state index contributed by atoms with van der Waals surface area (Å²) in [6.07, 6.45) is 1.70. The molecule has 0 spiro atoms. The molecule has 4 bridgehead atoms. The Balaban J connectivity index is 1.90. The van der Waals surface area contributed by atoms with Crippen LogP contribution < -0.4 is 14.8 Å². The molecule has 1 aliphatic rings. The van der Waals surface area contributed by atoms with Crippen molar-refractivity contribution in [2.24, 2.45) is 11.3 Å². The Kier molecular flexibility index (Phi) is 7.51. The number of rotatable bonds is 4. The molecule has 2 aromatic carbocycles. The fourth-order valence-corrected chi connectivity index (χ4v) is 5.83. The Morgan fingerprint density at radius 3 is 2.51 bits per heavy atom. The number of aryl methyl sites for hydroxylation is 1. The summed E-state index contributed by atoms with van der Waals surface area (Å²) < 4.78 is 35.6. The highest BCUT2D eigenvalue weighted by atomic mass is 32.2. The largest absolute Gasteiger partial charge is 0.475 e. The highest BCUT2D eigenvalue weighted by Gasteiger charge is 2.25. The third-order valence-corrected chi connectivity index (χ3v) is 7.67. The second-order valence-electron chi connectivity index (χ2n) is 11.6. The van der Waals surface area contributed by atoms with E-state index in [-0.39, 0.29) is 22.3 Å². The number of benzene rings is 2. The van der Waals surface area contributed by atoms with Crippen LogP contribution >= 0.6 is 0 Å². The number of hydrogen-bond acceptors (Lipinski definition) is 6. The maximum Gasteiger partial charge on any atom is 0.264 e. The van der Waals surface area contributed by atoms with Gasteiger partial charge in [-0.25, -0.2) is 18.1 Å². The molecule has 2 N–H and O–H groups in total. The van der Waals surface area contributed by atoms with Crippen molar-refractivity contribution in [1.82, 2.24) is 9.97 Å². The summed E-state index contributed by atoms with van der Waals surface area (Å²) in [6, 6.07) is 13.0. The van der Waals surface area contributed by atoms with E-state index in [0.29, 0.717) is 24.1 Å².